The molecular weight excluding hydrogens is 344 g/mol. The van der Waals surface area contributed by atoms with Gasteiger partial charge in [0, 0.05) is 27.4 Å². The summed E-state index contributed by atoms with van der Waals surface area (Å²) in [5, 5.41) is 10.3. The average Bonchev–Trinajstić information content (AvgIpc) is 3.07. The van der Waals surface area contributed by atoms with Gasteiger partial charge in [-0.2, -0.15) is 4.98 Å². The molecule has 0 fully saturated rings. The molecule has 1 aromatic carbocycles. The van der Waals surface area contributed by atoms with E-state index in [1.165, 1.54) is 11.3 Å². The molecule has 4 aromatic rings. The number of thiazole rings is 1. The summed E-state index contributed by atoms with van der Waals surface area (Å²) in [5.74, 6) is 0.973. The molecule has 4 rings (SSSR count). The molecular formula is C16H13ClN6S. The maximum Gasteiger partial charge on any atom is 0.250 e. The minimum atomic E-state index is 0.474. The van der Waals surface area contributed by atoms with Gasteiger partial charge in [0.1, 0.15) is 0 Å². The lowest BCUT2D eigenvalue weighted by Crippen LogP contribution is -2.01. The maximum absolute atomic E-state index is 5.96. The van der Waals surface area contributed by atoms with Gasteiger partial charge < -0.3 is 0 Å². The second-order valence-electron chi connectivity index (χ2n) is 5.36. The molecule has 3 aromatic heterocycles. The first kappa shape index (κ1) is 15.0. The summed E-state index contributed by atoms with van der Waals surface area (Å²) in [6.07, 6.45) is 0. The Labute approximate surface area is 147 Å². The lowest BCUT2D eigenvalue weighted by Gasteiger charge is -2.02. The second-order valence-corrected chi connectivity index (χ2v) is 6.63. The molecule has 1 N–H and O–H groups in total. The van der Waals surface area contributed by atoms with Gasteiger partial charge in [0.05, 0.1) is 5.69 Å². The fourth-order valence-corrected chi connectivity index (χ4v) is 3.39. The van der Waals surface area contributed by atoms with Crippen LogP contribution in [0.25, 0.3) is 16.2 Å². The standard InChI is InChI=1S/C16H13ClN6S/c1-9-7-10(2)19-14(18-9)20-15-21-16-23(22-15)13(8-24-16)11-3-5-12(17)6-4-11/h3-8H,1-2H3,(H,18,19,20,22). The van der Waals surface area contributed by atoms with Crippen molar-refractivity contribution in [2.75, 3.05) is 5.32 Å². The van der Waals surface area contributed by atoms with Crippen LogP contribution in [-0.4, -0.2) is 24.6 Å². The van der Waals surface area contributed by atoms with Crippen LogP contribution in [0, 0.1) is 13.8 Å². The number of anilines is 2. The number of hydrogen-bond acceptors (Lipinski definition) is 6. The zero-order chi connectivity index (χ0) is 16.7. The minimum Gasteiger partial charge on any atom is -0.291 e. The van der Waals surface area contributed by atoms with Gasteiger partial charge in [0.2, 0.25) is 10.9 Å². The van der Waals surface area contributed by atoms with Gasteiger partial charge in [-0.25, -0.2) is 14.5 Å². The average molecular weight is 357 g/mol. The summed E-state index contributed by atoms with van der Waals surface area (Å²) in [7, 11) is 0. The number of rotatable bonds is 3. The van der Waals surface area contributed by atoms with Crippen molar-refractivity contribution in [3.8, 4) is 11.3 Å². The Morgan fingerprint density at radius 2 is 1.71 bits per heavy atom. The zero-order valence-electron chi connectivity index (χ0n) is 13.0. The molecule has 3 heterocycles. The Balaban J connectivity index is 1.70. The molecule has 0 spiro atoms. The van der Waals surface area contributed by atoms with Crippen LogP contribution in [0.2, 0.25) is 5.02 Å². The molecule has 0 unspecified atom stereocenters. The summed E-state index contributed by atoms with van der Waals surface area (Å²) in [6, 6.07) is 9.57. The molecule has 0 saturated heterocycles. The van der Waals surface area contributed by atoms with E-state index >= 15 is 0 Å². The van der Waals surface area contributed by atoms with E-state index in [0.29, 0.717) is 16.9 Å². The number of aromatic nitrogens is 5. The lowest BCUT2D eigenvalue weighted by atomic mass is 10.2. The largest absolute Gasteiger partial charge is 0.291 e. The first-order chi connectivity index (χ1) is 11.6. The highest BCUT2D eigenvalue weighted by Crippen LogP contribution is 2.27. The van der Waals surface area contributed by atoms with Crippen molar-refractivity contribution in [3.63, 3.8) is 0 Å². The number of aryl methyl sites for hydroxylation is 2. The predicted molar refractivity (Wildman–Crippen MR) is 96.1 cm³/mol. The molecule has 0 bridgehead atoms. The van der Waals surface area contributed by atoms with Crippen molar-refractivity contribution in [3.05, 3.63) is 52.1 Å². The Kier molecular flexibility index (Phi) is 3.66. The SMILES string of the molecule is Cc1cc(C)nc(Nc2nc3scc(-c4ccc(Cl)cc4)n3n2)n1. The zero-order valence-corrected chi connectivity index (χ0v) is 14.6. The summed E-state index contributed by atoms with van der Waals surface area (Å²) < 4.78 is 1.80. The van der Waals surface area contributed by atoms with Crippen LogP contribution in [-0.2, 0) is 0 Å². The van der Waals surface area contributed by atoms with Gasteiger partial charge in [-0.15, -0.1) is 16.4 Å². The monoisotopic (exact) mass is 356 g/mol. The number of hydrogen-bond donors (Lipinski definition) is 1. The lowest BCUT2D eigenvalue weighted by molar-refractivity contribution is 0.978. The topological polar surface area (TPSA) is 68.0 Å². The molecule has 6 nitrogen and oxygen atoms in total. The van der Waals surface area contributed by atoms with Crippen LogP contribution < -0.4 is 5.32 Å². The molecule has 0 amide bonds. The van der Waals surface area contributed by atoms with E-state index in [9.17, 15) is 0 Å². The molecule has 120 valence electrons. The number of nitrogens with zero attached hydrogens (tertiary/aromatic N) is 5. The fraction of sp³-hybridized carbons (Fsp3) is 0.125. The van der Waals surface area contributed by atoms with Gasteiger partial charge in [0.15, 0.2) is 0 Å². The smallest absolute Gasteiger partial charge is 0.250 e. The first-order valence-electron chi connectivity index (χ1n) is 7.28. The van der Waals surface area contributed by atoms with Crippen LogP contribution in [0.15, 0.2) is 35.7 Å². The Morgan fingerprint density at radius 1 is 1.00 bits per heavy atom. The van der Waals surface area contributed by atoms with Crippen molar-refractivity contribution < 1.29 is 0 Å². The molecule has 24 heavy (non-hydrogen) atoms. The molecule has 0 aliphatic heterocycles. The van der Waals surface area contributed by atoms with Crippen molar-refractivity contribution in [2.45, 2.75) is 13.8 Å². The fourth-order valence-electron chi connectivity index (χ4n) is 2.44. The van der Waals surface area contributed by atoms with E-state index in [1.807, 2.05) is 49.6 Å². The van der Waals surface area contributed by atoms with Crippen molar-refractivity contribution >= 4 is 39.8 Å². The van der Waals surface area contributed by atoms with Crippen molar-refractivity contribution in [1.82, 2.24) is 24.6 Å². The molecule has 0 aliphatic carbocycles. The van der Waals surface area contributed by atoms with Gasteiger partial charge in [0.25, 0.3) is 5.95 Å². The third kappa shape index (κ3) is 2.83. The van der Waals surface area contributed by atoms with Crippen molar-refractivity contribution in [1.29, 1.82) is 0 Å². The Morgan fingerprint density at radius 3 is 2.42 bits per heavy atom. The molecule has 0 aliphatic rings. The molecule has 8 heteroatoms. The number of halogens is 1. The number of fused-ring (bicyclic) bond motifs is 1. The van der Waals surface area contributed by atoms with Crippen LogP contribution >= 0.6 is 22.9 Å². The maximum atomic E-state index is 5.96. The van der Waals surface area contributed by atoms with Gasteiger partial charge in [-0.1, -0.05) is 23.7 Å². The van der Waals surface area contributed by atoms with Crippen LogP contribution in [0.4, 0.5) is 11.9 Å². The molecule has 0 saturated carbocycles. The molecule has 0 radical (unpaired) electrons. The quantitative estimate of drug-likeness (QED) is 0.594. The first-order valence-corrected chi connectivity index (χ1v) is 8.54. The van der Waals surface area contributed by atoms with E-state index in [0.717, 1.165) is 27.6 Å². The van der Waals surface area contributed by atoms with Gasteiger partial charge in [-0.3, -0.25) is 5.32 Å². The summed E-state index contributed by atoms with van der Waals surface area (Å²) >= 11 is 7.48. The van der Waals surface area contributed by atoms with Crippen molar-refractivity contribution in [2.24, 2.45) is 0 Å². The highest BCUT2D eigenvalue weighted by Gasteiger charge is 2.12. The number of nitrogens with one attached hydrogen (secondary N) is 1. The van der Waals surface area contributed by atoms with Crippen LogP contribution in [0.5, 0.6) is 0 Å². The highest BCUT2D eigenvalue weighted by atomic mass is 35.5. The van der Waals surface area contributed by atoms with Gasteiger partial charge >= 0.3 is 0 Å². The second kappa shape index (κ2) is 5.85. The third-order valence-corrected chi connectivity index (χ3v) is 4.50. The third-order valence-electron chi connectivity index (χ3n) is 3.43. The predicted octanol–water partition coefficient (Wildman–Crippen LogP) is 4.26. The van der Waals surface area contributed by atoms with Gasteiger partial charge in [-0.05, 0) is 32.0 Å². The molecule has 0 atom stereocenters. The van der Waals surface area contributed by atoms with E-state index in [-0.39, 0.29) is 0 Å². The summed E-state index contributed by atoms with van der Waals surface area (Å²) in [5.41, 5.74) is 3.79. The number of benzene rings is 1. The normalized spacial score (nSPS) is 11.1. The van der Waals surface area contributed by atoms with E-state index in [1.54, 1.807) is 4.52 Å². The summed E-state index contributed by atoms with van der Waals surface area (Å²) in [4.78, 5) is 14.0. The van der Waals surface area contributed by atoms with Crippen LogP contribution in [0.1, 0.15) is 11.4 Å². The van der Waals surface area contributed by atoms with Crippen LogP contribution in [0.3, 0.4) is 0 Å². The van der Waals surface area contributed by atoms with E-state index < -0.39 is 0 Å². The highest BCUT2D eigenvalue weighted by molar-refractivity contribution is 7.15. The minimum absolute atomic E-state index is 0.474. The van der Waals surface area contributed by atoms with E-state index in [2.05, 4.69) is 25.4 Å². The summed E-state index contributed by atoms with van der Waals surface area (Å²) in [6.45, 7) is 3.86. The Hall–Kier alpha value is -2.51. The van der Waals surface area contributed by atoms with E-state index in [4.69, 9.17) is 11.6 Å². The Bertz CT molecular complexity index is 1000.